The van der Waals surface area contributed by atoms with Crippen LogP contribution in [0.25, 0.3) is 0 Å². The van der Waals surface area contributed by atoms with Crippen molar-refractivity contribution in [3.63, 3.8) is 0 Å². The summed E-state index contributed by atoms with van der Waals surface area (Å²) in [5, 5.41) is 12.7. The van der Waals surface area contributed by atoms with E-state index in [1.165, 1.54) is 11.3 Å². The number of amides is 1. The maximum Gasteiger partial charge on any atom is 0.339 e. The van der Waals surface area contributed by atoms with E-state index in [-0.39, 0.29) is 18.1 Å². The van der Waals surface area contributed by atoms with Gasteiger partial charge < -0.3 is 19.9 Å². The van der Waals surface area contributed by atoms with Crippen LogP contribution >= 0.6 is 11.3 Å². The number of fused-ring (bicyclic) bond motifs is 1. The van der Waals surface area contributed by atoms with E-state index in [0.29, 0.717) is 22.4 Å². The van der Waals surface area contributed by atoms with Crippen molar-refractivity contribution in [1.82, 2.24) is 0 Å². The van der Waals surface area contributed by atoms with Gasteiger partial charge in [-0.25, -0.2) is 4.79 Å². The predicted molar refractivity (Wildman–Crippen MR) is 99.6 cm³/mol. The molecule has 138 valence electrons. The molecule has 1 aromatic carbocycles. The standard InChI is InChI=1S/C19H21NO5S/c1-11-6-7-14-15(8-11)26-18(17(14)19(22)23)20-16(21)10-25-13-5-3-4-12(9-13)24-2/h3-5,9,11H,6-8,10H2,1-2H3,(H,20,21)(H,22,23). The fourth-order valence-corrected chi connectivity index (χ4v) is 4.49. The highest BCUT2D eigenvalue weighted by Gasteiger charge is 2.28. The minimum Gasteiger partial charge on any atom is -0.497 e. The molecule has 0 saturated carbocycles. The van der Waals surface area contributed by atoms with Crippen molar-refractivity contribution in [2.45, 2.75) is 26.2 Å². The topological polar surface area (TPSA) is 84.9 Å². The van der Waals surface area contributed by atoms with Gasteiger partial charge in [-0.05, 0) is 42.9 Å². The van der Waals surface area contributed by atoms with Crippen molar-refractivity contribution in [3.05, 3.63) is 40.3 Å². The van der Waals surface area contributed by atoms with Gasteiger partial charge >= 0.3 is 5.97 Å². The summed E-state index contributed by atoms with van der Waals surface area (Å²) < 4.78 is 10.6. The van der Waals surface area contributed by atoms with Gasteiger partial charge in [0.2, 0.25) is 0 Å². The highest BCUT2D eigenvalue weighted by atomic mass is 32.1. The lowest BCUT2D eigenvalue weighted by atomic mass is 9.88. The molecule has 0 bridgehead atoms. The molecule has 1 amide bonds. The van der Waals surface area contributed by atoms with E-state index in [9.17, 15) is 14.7 Å². The second-order valence-electron chi connectivity index (χ2n) is 6.38. The number of carbonyl (C=O) groups excluding carboxylic acids is 1. The van der Waals surface area contributed by atoms with Gasteiger partial charge in [-0.1, -0.05) is 13.0 Å². The first-order valence-corrected chi connectivity index (χ1v) is 9.24. The summed E-state index contributed by atoms with van der Waals surface area (Å²) in [6, 6.07) is 6.96. The zero-order valence-electron chi connectivity index (χ0n) is 14.7. The van der Waals surface area contributed by atoms with Crippen LogP contribution in [0.5, 0.6) is 11.5 Å². The van der Waals surface area contributed by atoms with Gasteiger partial charge in [0.25, 0.3) is 5.91 Å². The summed E-state index contributed by atoms with van der Waals surface area (Å²) in [4.78, 5) is 25.0. The van der Waals surface area contributed by atoms with Crippen molar-refractivity contribution in [2.75, 3.05) is 19.0 Å². The largest absolute Gasteiger partial charge is 0.497 e. The third kappa shape index (κ3) is 3.99. The number of hydrogen-bond donors (Lipinski definition) is 2. The van der Waals surface area contributed by atoms with E-state index in [2.05, 4.69) is 12.2 Å². The van der Waals surface area contributed by atoms with Gasteiger partial charge in [-0.15, -0.1) is 11.3 Å². The second kappa shape index (κ2) is 7.78. The molecule has 0 radical (unpaired) electrons. The summed E-state index contributed by atoms with van der Waals surface area (Å²) in [5.41, 5.74) is 1.09. The third-order valence-corrected chi connectivity index (χ3v) is 5.56. The van der Waals surface area contributed by atoms with Gasteiger partial charge in [-0.2, -0.15) is 0 Å². The SMILES string of the molecule is COc1cccc(OCC(=O)Nc2sc3c(c2C(=O)O)CCC(C)C3)c1. The van der Waals surface area contributed by atoms with E-state index in [1.807, 2.05) is 0 Å². The molecule has 0 aliphatic heterocycles. The van der Waals surface area contributed by atoms with Crippen molar-refractivity contribution in [2.24, 2.45) is 5.92 Å². The molecule has 1 aliphatic rings. The maximum atomic E-state index is 12.2. The minimum atomic E-state index is -0.999. The number of anilines is 1. The number of methoxy groups -OCH3 is 1. The highest BCUT2D eigenvalue weighted by molar-refractivity contribution is 7.17. The Morgan fingerprint density at radius 1 is 1.35 bits per heavy atom. The lowest BCUT2D eigenvalue weighted by Gasteiger charge is -2.17. The third-order valence-electron chi connectivity index (χ3n) is 4.39. The van der Waals surface area contributed by atoms with E-state index in [0.717, 1.165) is 29.7 Å². The number of carbonyl (C=O) groups is 2. The number of nitrogens with one attached hydrogen (secondary N) is 1. The van der Waals surface area contributed by atoms with E-state index < -0.39 is 5.97 Å². The molecule has 2 N–H and O–H groups in total. The Bertz CT molecular complexity index is 829. The number of aromatic carboxylic acids is 1. The molecule has 1 atom stereocenters. The second-order valence-corrected chi connectivity index (χ2v) is 7.48. The zero-order chi connectivity index (χ0) is 18.7. The van der Waals surface area contributed by atoms with E-state index in [4.69, 9.17) is 9.47 Å². The lowest BCUT2D eigenvalue weighted by molar-refractivity contribution is -0.118. The molecule has 26 heavy (non-hydrogen) atoms. The molecule has 0 spiro atoms. The normalized spacial score (nSPS) is 15.8. The van der Waals surface area contributed by atoms with Crippen LogP contribution in [0.1, 0.15) is 34.1 Å². The van der Waals surface area contributed by atoms with Crippen molar-refractivity contribution in [1.29, 1.82) is 0 Å². The molecule has 1 aromatic heterocycles. The summed E-state index contributed by atoms with van der Waals surface area (Å²) in [6.07, 6.45) is 2.57. The molecular formula is C19H21NO5S. The Balaban J connectivity index is 1.70. The number of thiophene rings is 1. The molecule has 2 aromatic rings. The summed E-state index contributed by atoms with van der Waals surface area (Å²) in [5.74, 6) is 0.291. The lowest BCUT2D eigenvalue weighted by Crippen LogP contribution is -2.21. The minimum absolute atomic E-state index is 0.203. The predicted octanol–water partition coefficient (Wildman–Crippen LogP) is 3.60. The molecule has 3 rings (SSSR count). The molecule has 0 saturated heterocycles. The number of carboxylic acid groups (broad SMARTS) is 1. The molecular weight excluding hydrogens is 354 g/mol. The molecule has 7 heteroatoms. The Morgan fingerprint density at radius 2 is 2.12 bits per heavy atom. The van der Waals surface area contributed by atoms with Crippen molar-refractivity contribution < 1.29 is 24.2 Å². The van der Waals surface area contributed by atoms with Crippen LogP contribution in [0.2, 0.25) is 0 Å². The molecule has 1 unspecified atom stereocenters. The van der Waals surface area contributed by atoms with Gasteiger partial charge in [0.05, 0.1) is 12.7 Å². The molecule has 0 fully saturated rings. The van der Waals surface area contributed by atoms with Gasteiger partial charge in [0, 0.05) is 10.9 Å². The number of ether oxygens (including phenoxy) is 2. The first-order chi connectivity index (χ1) is 12.5. The number of benzene rings is 1. The zero-order valence-corrected chi connectivity index (χ0v) is 15.5. The van der Waals surface area contributed by atoms with Gasteiger partial charge in [0.15, 0.2) is 6.61 Å². The summed E-state index contributed by atoms with van der Waals surface area (Å²) >= 11 is 1.36. The Labute approximate surface area is 155 Å². The quantitative estimate of drug-likeness (QED) is 0.806. The Morgan fingerprint density at radius 3 is 2.85 bits per heavy atom. The molecule has 6 nitrogen and oxygen atoms in total. The summed E-state index contributed by atoms with van der Waals surface area (Å²) in [7, 11) is 1.55. The van der Waals surface area contributed by atoms with Gasteiger partial charge in [0.1, 0.15) is 16.5 Å². The average molecular weight is 375 g/mol. The van der Waals surface area contributed by atoms with Crippen LogP contribution < -0.4 is 14.8 Å². The number of hydrogen-bond acceptors (Lipinski definition) is 5. The van der Waals surface area contributed by atoms with Gasteiger partial charge in [-0.3, -0.25) is 4.79 Å². The van der Waals surface area contributed by atoms with E-state index in [1.54, 1.807) is 31.4 Å². The Hall–Kier alpha value is -2.54. The van der Waals surface area contributed by atoms with Crippen molar-refractivity contribution >= 4 is 28.2 Å². The highest BCUT2D eigenvalue weighted by Crippen LogP contribution is 2.39. The number of rotatable bonds is 6. The van der Waals surface area contributed by atoms with Crippen LogP contribution in [-0.4, -0.2) is 30.7 Å². The molecule has 1 aliphatic carbocycles. The first kappa shape index (κ1) is 18.3. The maximum absolute atomic E-state index is 12.2. The van der Waals surface area contributed by atoms with Crippen LogP contribution in [0.4, 0.5) is 5.00 Å². The number of carboxylic acids is 1. The van der Waals surface area contributed by atoms with E-state index >= 15 is 0 Å². The monoisotopic (exact) mass is 375 g/mol. The van der Waals surface area contributed by atoms with Crippen LogP contribution in [0.3, 0.4) is 0 Å². The Kier molecular flexibility index (Phi) is 5.46. The molecule has 1 heterocycles. The fourth-order valence-electron chi connectivity index (χ4n) is 3.07. The average Bonchev–Trinajstić information content (AvgIpc) is 2.97. The smallest absolute Gasteiger partial charge is 0.339 e. The van der Waals surface area contributed by atoms with Crippen LogP contribution in [0, 0.1) is 5.92 Å². The summed E-state index contributed by atoms with van der Waals surface area (Å²) in [6.45, 7) is 1.95. The van der Waals surface area contributed by atoms with Crippen molar-refractivity contribution in [3.8, 4) is 11.5 Å². The fraction of sp³-hybridized carbons (Fsp3) is 0.368. The van der Waals surface area contributed by atoms with Crippen LogP contribution in [-0.2, 0) is 17.6 Å². The first-order valence-electron chi connectivity index (χ1n) is 8.42. The van der Waals surface area contributed by atoms with Crippen LogP contribution in [0.15, 0.2) is 24.3 Å².